The first kappa shape index (κ1) is 20.9. The second-order valence-corrected chi connectivity index (χ2v) is 7.71. The second-order valence-electron chi connectivity index (χ2n) is 7.71. The number of rotatable bonds is 7. The summed E-state index contributed by atoms with van der Waals surface area (Å²) in [5, 5.41) is 0. The lowest BCUT2D eigenvalue weighted by Crippen LogP contribution is -2.46. The normalized spacial score (nSPS) is 17.1. The molecule has 2 heterocycles. The molecule has 1 aliphatic heterocycles. The molecule has 1 aliphatic rings. The fourth-order valence-electron chi connectivity index (χ4n) is 3.77. The molecular formula is C23H28N4O2. The van der Waals surface area contributed by atoms with Gasteiger partial charge in [0.05, 0.1) is 12.5 Å². The zero-order valence-corrected chi connectivity index (χ0v) is 17.4. The molecule has 0 bridgehead atoms. The maximum Gasteiger partial charge on any atom is 0.266 e. The summed E-state index contributed by atoms with van der Waals surface area (Å²) in [6.45, 7) is 10.1. The van der Waals surface area contributed by atoms with Crippen molar-refractivity contribution in [2.45, 2.75) is 45.7 Å². The van der Waals surface area contributed by atoms with Crippen LogP contribution in [0.15, 0.2) is 53.7 Å². The fraction of sp³-hybridized carbons (Fsp3) is 0.391. The van der Waals surface area contributed by atoms with Gasteiger partial charge >= 0.3 is 0 Å². The highest BCUT2D eigenvalue weighted by atomic mass is 16.2. The number of carbonyl (C=O) groups is 2. The Morgan fingerprint density at radius 1 is 1.07 bits per heavy atom. The van der Waals surface area contributed by atoms with Crippen molar-refractivity contribution < 1.29 is 9.59 Å². The maximum atomic E-state index is 13.2. The van der Waals surface area contributed by atoms with E-state index in [1.807, 2.05) is 12.1 Å². The number of anilines is 1. The molecule has 0 saturated carbocycles. The lowest BCUT2D eigenvalue weighted by Gasteiger charge is -2.30. The minimum absolute atomic E-state index is 0.319. The van der Waals surface area contributed by atoms with Crippen molar-refractivity contribution in [2.24, 2.45) is 4.99 Å². The summed E-state index contributed by atoms with van der Waals surface area (Å²) >= 11 is 0. The third kappa shape index (κ3) is 4.43. The van der Waals surface area contributed by atoms with E-state index in [0.29, 0.717) is 35.6 Å². The van der Waals surface area contributed by atoms with Gasteiger partial charge in [-0.1, -0.05) is 24.3 Å². The molecule has 0 fully saturated rings. The topological polar surface area (TPSA) is 65.9 Å². The van der Waals surface area contributed by atoms with Crippen LogP contribution in [0.2, 0.25) is 0 Å². The lowest BCUT2D eigenvalue weighted by atomic mass is 9.89. The van der Waals surface area contributed by atoms with Gasteiger partial charge in [-0.2, -0.15) is 0 Å². The van der Waals surface area contributed by atoms with Crippen LogP contribution < -0.4 is 4.90 Å². The summed E-state index contributed by atoms with van der Waals surface area (Å²) < 4.78 is 0. The number of fused-ring (bicyclic) bond motifs is 1. The first-order chi connectivity index (χ1) is 13.9. The van der Waals surface area contributed by atoms with Gasteiger partial charge < -0.3 is 0 Å². The highest BCUT2D eigenvalue weighted by molar-refractivity contribution is 6.28. The number of pyridine rings is 1. The number of carbonyl (C=O) groups excluding carboxylic acids is 2. The number of amides is 2. The Morgan fingerprint density at radius 3 is 2.41 bits per heavy atom. The van der Waals surface area contributed by atoms with E-state index < -0.39 is 5.92 Å². The van der Waals surface area contributed by atoms with Crippen LogP contribution in [0.5, 0.6) is 0 Å². The van der Waals surface area contributed by atoms with Gasteiger partial charge in [-0.3, -0.25) is 19.5 Å². The van der Waals surface area contributed by atoms with Gasteiger partial charge in [0.15, 0.2) is 0 Å². The third-order valence-corrected chi connectivity index (χ3v) is 5.16. The van der Waals surface area contributed by atoms with Gasteiger partial charge in [-0.05, 0) is 51.5 Å². The smallest absolute Gasteiger partial charge is 0.266 e. The van der Waals surface area contributed by atoms with Crippen LogP contribution in [0, 0.1) is 0 Å². The molecule has 1 unspecified atom stereocenters. The zero-order valence-electron chi connectivity index (χ0n) is 17.4. The van der Waals surface area contributed by atoms with Gasteiger partial charge in [-0.15, -0.1) is 0 Å². The molecule has 3 rings (SSSR count). The summed E-state index contributed by atoms with van der Waals surface area (Å²) in [7, 11) is 0. The average Bonchev–Trinajstić information content (AvgIpc) is 2.70. The van der Waals surface area contributed by atoms with Crippen LogP contribution in [-0.2, 0) is 4.79 Å². The van der Waals surface area contributed by atoms with E-state index >= 15 is 0 Å². The molecule has 1 atom stereocenters. The Labute approximate surface area is 172 Å². The molecular weight excluding hydrogens is 364 g/mol. The van der Waals surface area contributed by atoms with Crippen molar-refractivity contribution in [1.29, 1.82) is 0 Å². The fourth-order valence-corrected chi connectivity index (χ4v) is 3.77. The third-order valence-electron chi connectivity index (χ3n) is 5.16. The van der Waals surface area contributed by atoms with Crippen LogP contribution in [0.1, 0.15) is 49.5 Å². The van der Waals surface area contributed by atoms with E-state index in [0.717, 1.165) is 11.4 Å². The van der Waals surface area contributed by atoms with Gasteiger partial charge in [-0.25, -0.2) is 9.88 Å². The van der Waals surface area contributed by atoms with Crippen LogP contribution in [0.4, 0.5) is 5.82 Å². The predicted octanol–water partition coefficient (Wildman–Crippen LogP) is 3.54. The molecule has 6 heteroatoms. The number of hydrogen-bond acceptors (Lipinski definition) is 5. The van der Waals surface area contributed by atoms with Gasteiger partial charge in [0.25, 0.3) is 5.91 Å². The Kier molecular flexibility index (Phi) is 6.54. The zero-order chi connectivity index (χ0) is 21.0. The summed E-state index contributed by atoms with van der Waals surface area (Å²) in [5.41, 5.74) is 1.21. The van der Waals surface area contributed by atoms with Gasteiger partial charge in [0.1, 0.15) is 5.82 Å². The summed E-state index contributed by atoms with van der Waals surface area (Å²) in [5.74, 6) is -0.931. The number of benzene rings is 1. The maximum absolute atomic E-state index is 13.2. The molecule has 2 amide bonds. The number of aromatic nitrogens is 1. The van der Waals surface area contributed by atoms with Crippen LogP contribution >= 0.6 is 0 Å². The van der Waals surface area contributed by atoms with Gasteiger partial charge in [0, 0.05) is 36.6 Å². The summed E-state index contributed by atoms with van der Waals surface area (Å²) in [6.07, 6.45) is 3.26. The average molecular weight is 393 g/mol. The molecule has 0 aliphatic carbocycles. The first-order valence-electron chi connectivity index (χ1n) is 10.1. The lowest BCUT2D eigenvalue weighted by molar-refractivity contribution is -0.118. The monoisotopic (exact) mass is 392 g/mol. The van der Waals surface area contributed by atoms with Crippen molar-refractivity contribution in [3.63, 3.8) is 0 Å². The van der Waals surface area contributed by atoms with E-state index in [1.165, 1.54) is 0 Å². The van der Waals surface area contributed by atoms with Crippen LogP contribution in [-0.4, -0.2) is 53.1 Å². The Morgan fingerprint density at radius 2 is 1.76 bits per heavy atom. The molecule has 0 radical (unpaired) electrons. The Balaban J connectivity index is 1.86. The van der Waals surface area contributed by atoms with Crippen molar-refractivity contribution in [2.75, 3.05) is 18.0 Å². The molecule has 152 valence electrons. The number of nitrogens with zero attached hydrogens (tertiary/aromatic N) is 4. The van der Waals surface area contributed by atoms with Crippen molar-refractivity contribution in [3.05, 3.63) is 59.8 Å². The highest BCUT2D eigenvalue weighted by Gasteiger charge is 2.39. The molecule has 0 spiro atoms. The molecule has 29 heavy (non-hydrogen) atoms. The SMILES string of the molecule is CC(C)N(CCN=CC1C(=O)N(c2ccccn2)C(=O)c2ccccc21)C(C)C. The van der Waals surface area contributed by atoms with Gasteiger partial charge in [0.2, 0.25) is 5.91 Å². The standard InChI is InChI=1S/C23H28N4O2/c1-16(2)26(17(3)4)14-13-24-15-20-18-9-5-6-10-19(18)22(28)27(23(20)29)21-11-7-8-12-25-21/h5-12,15-17,20H,13-14H2,1-4H3. The van der Waals surface area contributed by atoms with Crippen molar-refractivity contribution in [1.82, 2.24) is 9.88 Å². The molecule has 1 aromatic heterocycles. The Bertz CT molecular complexity index is 885. The van der Waals surface area contributed by atoms with Crippen LogP contribution in [0.3, 0.4) is 0 Å². The number of aliphatic imine (C=N–C) groups is 1. The van der Waals surface area contributed by atoms with E-state index in [4.69, 9.17) is 0 Å². The molecule has 2 aromatic rings. The first-order valence-corrected chi connectivity index (χ1v) is 10.1. The van der Waals surface area contributed by atoms with E-state index in [2.05, 4.69) is 42.6 Å². The van der Waals surface area contributed by atoms with Crippen LogP contribution in [0.25, 0.3) is 0 Å². The minimum atomic E-state index is -0.600. The largest absolute Gasteiger partial charge is 0.297 e. The minimum Gasteiger partial charge on any atom is -0.297 e. The Hall–Kier alpha value is -2.86. The summed E-state index contributed by atoms with van der Waals surface area (Å²) in [6, 6.07) is 13.3. The highest BCUT2D eigenvalue weighted by Crippen LogP contribution is 2.30. The predicted molar refractivity (Wildman–Crippen MR) is 116 cm³/mol. The molecule has 0 saturated heterocycles. The second kappa shape index (κ2) is 9.09. The number of imide groups is 1. The summed E-state index contributed by atoms with van der Waals surface area (Å²) in [4.78, 5) is 38.4. The van der Waals surface area contributed by atoms with E-state index in [-0.39, 0.29) is 11.8 Å². The molecule has 6 nitrogen and oxygen atoms in total. The quantitative estimate of drug-likeness (QED) is 0.534. The molecule has 1 aromatic carbocycles. The van der Waals surface area contributed by atoms with Crippen molar-refractivity contribution >= 4 is 23.8 Å². The number of hydrogen-bond donors (Lipinski definition) is 0. The van der Waals surface area contributed by atoms with E-state index in [1.54, 1.807) is 42.7 Å². The van der Waals surface area contributed by atoms with E-state index in [9.17, 15) is 9.59 Å². The van der Waals surface area contributed by atoms with Crippen molar-refractivity contribution in [3.8, 4) is 0 Å². The molecule has 0 N–H and O–H groups in total.